The van der Waals surface area contributed by atoms with Gasteiger partial charge in [-0.25, -0.2) is 0 Å². The summed E-state index contributed by atoms with van der Waals surface area (Å²) in [6, 6.07) is 0. The second-order valence-corrected chi connectivity index (χ2v) is 7.03. The molecule has 1 aliphatic heterocycles. The van der Waals surface area contributed by atoms with E-state index in [0.29, 0.717) is 18.8 Å². The van der Waals surface area contributed by atoms with Crippen molar-refractivity contribution >= 4 is 17.7 Å². The molecule has 1 N–H and O–H groups in total. The predicted molar refractivity (Wildman–Crippen MR) is 64.0 cm³/mol. The molecule has 15 heavy (non-hydrogen) atoms. The Morgan fingerprint density at radius 1 is 1.47 bits per heavy atom. The van der Waals surface area contributed by atoms with E-state index in [0.717, 1.165) is 6.42 Å². The zero-order valence-corrected chi connectivity index (χ0v) is 10.9. The van der Waals surface area contributed by atoms with Gasteiger partial charge in [-0.15, -0.1) is 11.8 Å². The maximum absolute atomic E-state index is 11.7. The molecule has 1 aliphatic rings. The van der Waals surface area contributed by atoms with Crippen molar-refractivity contribution < 1.29 is 9.90 Å². The summed E-state index contributed by atoms with van der Waals surface area (Å²) in [6.07, 6.45) is 0.725. The summed E-state index contributed by atoms with van der Waals surface area (Å²) in [4.78, 5) is 13.4. The number of thioether (sulfide) groups is 1. The lowest BCUT2D eigenvalue weighted by molar-refractivity contribution is -0.152. The minimum Gasteiger partial charge on any atom is -0.386 e. The van der Waals surface area contributed by atoms with E-state index in [2.05, 4.69) is 20.8 Å². The van der Waals surface area contributed by atoms with Crippen molar-refractivity contribution in [2.75, 3.05) is 18.8 Å². The second kappa shape index (κ2) is 4.34. The van der Waals surface area contributed by atoms with Crippen molar-refractivity contribution in [2.45, 2.75) is 44.5 Å². The number of nitrogens with zero attached hydrogens (tertiary/aromatic N) is 1. The van der Waals surface area contributed by atoms with Gasteiger partial charge in [-0.3, -0.25) is 4.79 Å². The molecule has 1 saturated heterocycles. The molecule has 0 saturated carbocycles. The number of carbonyl (C=O) groups excluding carboxylic acids is 1. The monoisotopic (exact) mass is 231 g/mol. The van der Waals surface area contributed by atoms with Crippen LogP contribution in [0.3, 0.4) is 0 Å². The molecule has 88 valence electrons. The Balaban J connectivity index is 2.27. The maximum atomic E-state index is 11.7. The lowest BCUT2D eigenvalue weighted by Crippen LogP contribution is -2.63. The van der Waals surface area contributed by atoms with E-state index in [4.69, 9.17) is 0 Å². The Labute approximate surface area is 96.2 Å². The Kier molecular flexibility index (Phi) is 3.71. The summed E-state index contributed by atoms with van der Waals surface area (Å²) in [6.45, 7) is 9.27. The van der Waals surface area contributed by atoms with E-state index >= 15 is 0 Å². The average molecular weight is 231 g/mol. The predicted octanol–water partition coefficient (Wildman–Crippen LogP) is 1.50. The van der Waals surface area contributed by atoms with Crippen LogP contribution in [0.25, 0.3) is 0 Å². The second-order valence-electron chi connectivity index (χ2n) is 5.23. The quantitative estimate of drug-likeness (QED) is 0.800. The summed E-state index contributed by atoms with van der Waals surface area (Å²) >= 11 is 1.65. The van der Waals surface area contributed by atoms with Crippen molar-refractivity contribution in [3.63, 3.8) is 0 Å². The number of β-amino-alcohol motifs (C(OH)–C–C–N with tert-alkyl or cyclic N) is 1. The van der Waals surface area contributed by atoms with E-state index < -0.39 is 5.60 Å². The van der Waals surface area contributed by atoms with Crippen LogP contribution in [-0.2, 0) is 4.79 Å². The van der Waals surface area contributed by atoms with Gasteiger partial charge < -0.3 is 10.0 Å². The van der Waals surface area contributed by atoms with E-state index in [9.17, 15) is 9.90 Å². The highest BCUT2D eigenvalue weighted by Crippen LogP contribution is 2.27. The van der Waals surface area contributed by atoms with Crippen LogP contribution in [0.1, 0.15) is 34.1 Å². The number of rotatable bonds is 3. The SMILES string of the molecule is CCC1(O)CN(C(=O)CSC(C)(C)C)C1. The fourth-order valence-electron chi connectivity index (χ4n) is 1.43. The van der Waals surface area contributed by atoms with Gasteiger partial charge in [0, 0.05) is 4.75 Å². The third kappa shape index (κ3) is 3.68. The molecular weight excluding hydrogens is 210 g/mol. The van der Waals surface area contributed by atoms with Gasteiger partial charge in [-0.05, 0) is 6.42 Å². The first-order chi connectivity index (χ1) is 6.76. The maximum Gasteiger partial charge on any atom is 0.232 e. The van der Waals surface area contributed by atoms with Crippen LogP contribution in [-0.4, -0.2) is 45.1 Å². The van der Waals surface area contributed by atoms with E-state index in [1.807, 2.05) is 6.92 Å². The zero-order chi connectivity index (χ0) is 11.7. The number of aliphatic hydroxyl groups is 1. The van der Waals surface area contributed by atoms with Crippen molar-refractivity contribution in [1.29, 1.82) is 0 Å². The van der Waals surface area contributed by atoms with Crippen LogP contribution < -0.4 is 0 Å². The normalized spacial score (nSPS) is 19.9. The van der Waals surface area contributed by atoms with Gasteiger partial charge in [-0.1, -0.05) is 27.7 Å². The van der Waals surface area contributed by atoms with E-state index in [1.165, 1.54) is 0 Å². The van der Waals surface area contributed by atoms with Gasteiger partial charge in [0.1, 0.15) is 0 Å². The van der Waals surface area contributed by atoms with E-state index in [1.54, 1.807) is 16.7 Å². The molecular formula is C11H21NO2S. The molecule has 0 aromatic heterocycles. The number of hydrogen-bond donors (Lipinski definition) is 1. The molecule has 1 rings (SSSR count). The first-order valence-electron chi connectivity index (χ1n) is 5.40. The molecule has 0 radical (unpaired) electrons. The smallest absolute Gasteiger partial charge is 0.232 e. The first kappa shape index (κ1) is 12.8. The summed E-state index contributed by atoms with van der Waals surface area (Å²) in [5.41, 5.74) is -0.609. The fourth-order valence-corrected chi connectivity index (χ4v) is 2.17. The van der Waals surface area contributed by atoms with Crippen molar-refractivity contribution in [3.05, 3.63) is 0 Å². The molecule has 0 aliphatic carbocycles. The molecule has 3 nitrogen and oxygen atoms in total. The van der Waals surface area contributed by atoms with Crippen LogP contribution in [0.15, 0.2) is 0 Å². The van der Waals surface area contributed by atoms with Gasteiger partial charge >= 0.3 is 0 Å². The minimum atomic E-state index is -0.609. The van der Waals surface area contributed by atoms with Gasteiger partial charge in [0.25, 0.3) is 0 Å². The summed E-state index contributed by atoms with van der Waals surface area (Å²) in [5.74, 6) is 0.663. The van der Waals surface area contributed by atoms with Crippen LogP contribution in [0.2, 0.25) is 0 Å². The number of likely N-dealkylation sites (tertiary alicyclic amines) is 1. The minimum absolute atomic E-state index is 0.127. The Morgan fingerprint density at radius 2 is 2.00 bits per heavy atom. The van der Waals surface area contributed by atoms with E-state index in [-0.39, 0.29) is 10.7 Å². The van der Waals surface area contributed by atoms with Crippen molar-refractivity contribution in [2.24, 2.45) is 0 Å². The molecule has 0 spiro atoms. The topological polar surface area (TPSA) is 40.5 Å². The molecule has 1 fully saturated rings. The Morgan fingerprint density at radius 3 is 2.40 bits per heavy atom. The average Bonchev–Trinajstić information content (AvgIpc) is 2.08. The standard InChI is InChI=1S/C11H21NO2S/c1-5-11(14)7-12(8-11)9(13)6-15-10(2,3)4/h14H,5-8H2,1-4H3. The highest BCUT2D eigenvalue weighted by atomic mass is 32.2. The number of hydrogen-bond acceptors (Lipinski definition) is 3. The summed E-state index contributed by atoms with van der Waals surface area (Å²) in [5, 5.41) is 9.77. The largest absolute Gasteiger partial charge is 0.386 e. The third-order valence-electron chi connectivity index (χ3n) is 2.61. The fraction of sp³-hybridized carbons (Fsp3) is 0.909. The molecule has 0 bridgehead atoms. The Hall–Kier alpha value is -0.220. The van der Waals surface area contributed by atoms with Crippen molar-refractivity contribution in [3.8, 4) is 0 Å². The zero-order valence-electron chi connectivity index (χ0n) is 10.0. The summed E-state index contributed by atoms with van der Waals surface area (Å²) in [7, 11) is 0. The molecule has 4 heteroatoms. The van der Waals surface area contributed by atoms with Crippen LogP contribution in [0.5, 0.6) is 0 Å². The number of amides is 1. The van der Waals surface area contributed by atoms with Gasteiger partial charge in [0.15, 0.2) is 0 Å². The molecule has 0 atom stereocenters. The van der Waals surface area contributed by atoms with Crippen LogP contribution in [0, 0.1) is 0 Å². The first-order valence-corrected chi connectivity index (χ1v) is 6.38. The molecule has 1 heterocycles. The molecule has 0 unspecified atom stereocenters. The van der Waals surface area contributed by atoms with Gasteiger partial charge in [0.05, 0.1) is 24.4 Å². The molecule has 0 aromatic carbocycles. The summed E-state index contributed by atoms with van der Waals surface area (Å²) < 4.78 is 0.127. The Bertz CT molecular complexity index is 241. The van der Waals surface area contributed by atoms with Crippen LogP contribution >= 0.6 is 11.8 Å². The number of carbonyl (C=O) groups is 1. The lowest BCUT2D eigenvalue weighted by Gasteiger charge is -2.46. The van der Waals surface area contributed by atoms with Crippen LogP contribution in [0.4, 0.5) is 0 Å². The van der Waals surface area contributed by atoms with Gasteiger partial charge in [-0.2, -0.15) is 0 Å². The molecule has 0 aromatic rings. The lowest BCUT2D eigenvalue weighted by atomic mass is 9.91. The van der Waals surface area contributed by atoms with Crippen molar-refractivity contribution in [1.82, 2.24) is 4.90 Å². The highest BCUT2D eigenvalue weighted by Gasteiger charge is 2.41. The van der Waals surface area contributed by atoms with Gasteiger partial charge in [0.2, 0.25) is 5.91 Å². The highest BCUT2D eigenvalue weighted by molar-refractivity contribution is 8.01. The molecule has 1 amide bonds. The third-order valence-corrected chi connectivity index (χ3v) is 3.87.